The molecule has 0 fully saturated rings. The van der Waals surface area contributed by atoms with E-state index in [9.17, 15) is 9.59 Å². The van der Waals surface area contributed by atoms with Gasteiger partial charge in [-0.15, -0.1) is 0 Å². The first-order valence-corrected chi connectivity index (χ1v) is 9.33. The van der Waals surface area contributed by atoms with E-state index in [1.54, 1.807) is 31.2 Å². The minimum atomic E-state index is -0.489. The zero-order valence-electron chi connectivity index (χ0n) is 16.2. The van der Waals surface area contributed by atoms with Gasteiger partial charge in [-0.3, -0.25) is 10.1 Å². The highest BCUT2D eigenvalue weighted by atomic mass is 32.1. The van der Waals surface area contributed by atoms with E-state index in [0.717, 1.165) is 11.3 Å². The predicted octanol–water partition coefficient (Wildman–Crippen LogP) is 3.84. The molecule has 0 aliphatic carbocycles. The number of methoxy groups -OCH3 is 1. The van der Waals surface area contributed by atoms with E-state index < -0.39 is 11.9 Å². The van der Waals surface area contributed by atoms with Crippen molar-refractivity contribution in [3.63, 3.8) is 0 Å². The fourth-order valence-electron chi connectivity index (χ4n) is 2.40. The summed E-state index contributed by atoms with van der Waals surface area (Å²) in [6.45, 7) is 7.61. The fraction of sp³-hybridized carbons (Fsp3) is 0.316. The average Bonchev–Trinajstić information content (AvgIpc) is 3.28. The Morgan fingerprint density at radius 2 is 1.89 bits per heavy atom. The number of carbonyl (C=O) groups excluding carboxylic acids is 2. The molecule has 8 nitrogen and oxygen atoms in total. The summed E-state index contributed by atoms with van der Waals surface area (Å²) in [6, 6.07) is 6.93. The molecule has 28 heavy (non-hydrogen) atoms. The number of hydrogen-bond donors (Lipinski definition) is 1. The maximum Gasteiger partial charge on any atom is 0.350 e. The van der Waals surface area contributed by atoms with Gasteiger partial charge in [-0.1, -0.05) is 49.4 Å². The van der Waals surface area contributed by atoms with E-state index >= 15 is 0 Å². The van der Waals surface area contributed by atoms with E-state index in [-0.39, 0.29) is 11.3 Å². The van der Waals surface area contributed by atoms with Gasteiger partial charge in [0.05, 0.1) is 23.9 Å². The van der Waals surface area contributed by atoms with Crippen molar-refractivity contribution in [2.45, 2.75) is 33.1 Å². The van der Waals surface area contributed by atoms with Crippen molar-refractivity contribution in [1.29, 1.82) is 0 Å². The van der Waals surface area contributed by atoms with Crippen LogP contribution in [0.15, 0.2) is 28.8 Å². The third kappa shape index (κ3) is 3.94. The Bertz CT molecular complexity index is 1030. The lowest BCUT2D eigenvalue weighted by Gasteiger charge is -2.11. The summed E-state index contributed by atoms with van der Waals surface area (Å²) in [5.74, 6) is -0.0648. The van der Waals surface area contributed by atoms with Crippen LogP contribution in [0, 0.1) is 6.92 Å². The molecule has 3 rings (SSSR count). The number of ether oxygens (including phenoxy) is 1. The number of esters is 1. The molecule has 1 aromatic carbocycles. The number of nitrogens with one attached hydrogen (secondary N) is 1. The monoisotopic (exact) mass is 400 g/mol. The molecule has 1 N–H and O–H groups in total. The van der Waals surface area contributed by atoms with Crippen LogP contribution >= 0.6 is 11.3 Å². The minimum Gasteiger partial charge on any atom is -0.465 e. The summed E-state index contributed by atoms with van der Waals surface area (Å²) in [4.78, 5) is 33.5. The van der Waals surface area contributed by atoms with Crippen molar-refractivity contribution in [3.05, 3.63) is 46.2 Å². The highest BCUT2D eigenvalue weighted by Crippen LogP contribution is 2.28. The molecule has 0 saturated carbocycles. The zero-order chi connectivity index (χ0) is 20.5. The van der Waals surface area contributed by atoms with Crippen molar-refractivity contribution in [1.82, 2.24) is 15.1 Å². The summed E-state index contributed by atoms with van der Waals surface area (Å²) >= 11 is 1.06. The molecular weight excluding hydrogens is 380 g/mol. The lowest BCUT2D eigenvalue weighted by Crippen LogP contribution is -2.14. The van der Waals surface area contributed by atoms with Gasteiger partial charge in [0.2, 0.25) is 0 Å². The fourth-order valence-corrected chi connectivity index (χ4v) is 3.28. The molecule has 0 saturated heterocycles. The van der Waals surface area contributed by atoms with Gasteiger partial charge >= 0.3 is 5.97 Å². The summed E-state index contributed by atoms with van der Waals surface area (Å²) < 4.78 is 10.1. The third-order valence-electron chi connectivity index (χ3n) is 3.89. The second-order valence-electron chi connectivity index (χ2n) is 7.10. The maximum absolute atomic E-state index is 12.8. The van der Waals surface area contributed by atoms with Crippen LogP contribution in [-0.2, 0) is 10.2 Å². The van der Waals surface area contributed by atoms with E-state index in [4.69, 9.17) is 9.26 Å². The quantitative estimate of drug-likeness (QED) is 0.663. The first kappa shape index (κ1) is 19.7. The van der Waals surface area contributed by atoms with Crippen molar-refractivity contribution < 1.29 is 18.8 Å². The molecule has 3 aromatic rings. The highest BCUT2D eigenvalue weighted by molar-refractivity contribution is 7.17. The first-order chi connectivity index (χ1) is 13.2. The number of hydrogen-bond acceptors (Lipinski definition) is 8. The molecular formula is C19H20N4O4S. The number of carbonyl (C=O) groups is 2. The van der Waals surface area contributed by atoms with Crippen LogP contribution in [0.25, 0.3) is 11.5 Å². The molecule has 146 valence electrons. The molecule has 2 heterocycles. The number of thiazole rings is 1. The van der Waals surface area contributed by atoms with E-state index in [1.165, 1.54) is 7.11 Å². The highest BCUT2D eigenvalue weighted by Gasteiger charge is 2.24. The number of aryl methyl sites for hydroxylation is 1. The molecule has 0 unspecified atom stereocenters. The Morgan fingerprint density at radius 3 is 2.54 bits per heavy atom. The van der Waals surface area contributed by atoms with Gasteiger partial charge in [0.1, 0.15) is 4.88 Å². The van der Waals surface area contributed by atoms with Crippen LogP contribution in [0.3, 0.4) is 0 Å². The van der Waals surface area contributed by atoms with Crippen LogP contribution in [0.5, 0.6) is 0 Å². The lowest BCUT2D eigenvalue weighted by atomic mass is 9.96. The normalized spacial score (nSPS) is 11.3. The van der Waals surface area contributed by atoms with Gasteiger partial charge in [-0.2, -0.15) is 4.98 Å². The van der Waals surface area contributed by atoms with Gasteiger partial charge in [-0.25, -0.2) is 9.78 Å². The first-order valence-electron chi connectivity index (χ1n) is 8.51. The van der Waals surface area contributed by atoms with Gasteiger partial charge in [-0.05, 0) is 19.1 Å². The number of anilines is 1. The lowest BCUT2D eigenvalue weighted by molar-refractivity contribution is 0.0605. The second-order valence-corrected chi connectivity index (χ2v) is 8.10. The van der Waals surface area contributed by atoms with Gasteiger partial charge < -0.3 is 9.26 Å². The molecule has 1 amide bonds. The molecule has 9 heteroatoms. The van der Waals surface area contributed by atoms with Crippen molar-refractivity contribution in [2.75, 3.05) is 12.4 Å². The van der Waals surface area contributed by atoms with Crippen LogP contribution in [0.4, 0.5) is 5.13 Å². The van der Waals surface area contributed by atoms with E-state index in [2.05, 4.69) is 20.4 Å². The maximum atomic E-state index is 12.8. The van der Waals surface area contributed by atoms with Crippen molar-refractivity contribution in [2.24, 2.45) is 0 Å². The molecule has 0 spiro atoms. The Balaban J connectivity index is 1.90. The Morgan fingerprint density at radius 1 is 1.18 bits per heavy atom. The molecule has 0 radical (unpaired) electrons. The Hall–Kier alpha value is -3.07. The zero-order valence-corrected chi connectivity index (χ0v) is 17.0. The molecule has 0 bridgehead atoms. The van der Waals surface area contributed by atoms with E-state index in [0.29, 0.717) is 32.7 Å². The number of rotatable bonds is 4. The van der Waals surface area contributed by atoms with E-state index in [1.807, 2.05) is 20.8 Å². The van der Waals surface area contributed by atoms with Crippen molar-refractivity contribution >= 4 is 28.3 Å². The number of benzene rings is 1. The summed E-state index contributed by atoms with van der Waals surface area (Å²) in [7, 11) is 1.30. The minimum absolute atomic E-state index is 0.265. The second kappa shape index (κ2) is 7.51. The molecule has 0 atom stereocenters. The van der Waals surface area contributed by atoms with Gasteiger partial charge in [0.25, 0.3) is 11.8 Å². The SMILES string of the molecule is COC(=O)c1sc(NC(=O)c2ccccc2-c2nc(C(C)(C)C)no2)nc1C. The van der Waals surface area contributed by atoms with Crippen LogP contribution in [0.1, 0.15) is 52.3 Å². The van der Waals surface area contributed by atoms with Gasteiger partial charge in [0.15, 0.2) is 11.0 Å². The summed E-state index contributed by atoms with van der Waals surface area (Å²) in [6.07, 6.45) is 0. The number of nitrogens with zero attached hydrogens (tertiary/aromatic N) is 3. The molecule has 0 aliphatic rings. The van der Waals surface area contributed by atoms with Crippen LogP contribution in [0.2, 0.25) is 0 Å². The van der Waals surface area contributed by atoms with Crippen LogP contribution in [-0.4, -0.2) is 34.1 Å². The van der Waals surface area contributed by atoms with Crippen LogP contribution < -0.4 is 5.32 Å². The smallest absolute Gasteiger partial charge is 0.350 e. The van der Waals surface area contributed by atoms with Crippen molar-refractivity contribution in [3.8, 4) is 11.5 Å². The summed E-state index contributed by atoms with van der Waals surface area (Å²) in [5.41, 5.74) is 1.09. The summed E-state index contributed by atoms with van der Waals surface area (Å²) in [5, 5.41) is 7.03. The molecule has 2 aromatic heterocycles. The predicted molar refractivity (Wildman–Crippen MR) is 105 cm³/mol. The Kier molecular flexibility index (Phi) is 5.28. The topological polar surface area (TPSA) is 107 Å². The third-order valence-corrected chi connectivity index (χ3v) is 4.94. The van der Waals surface area contributed by atoms with Gasteiger partial charge in [0, 0.05) is 5.41 Å². The average molecular weight is 400 g/mol. The number of aromatic nitrogens is 3. The molecule has 0 aliphatic heterocycles. The largest absolute Gasteiger partial charge is 0.465 e. The standard InChI is InChI=1S/C19H20N4O4S/c1-10-13(16(25)26-5)28-18(20-10)21-14(24)11-8-6-7-9-12(11)15-22-17(23-27-15)19(2,3)4/h6-9H,1-5H3,(H,20,21,24). The number of amides is 1. The Labute approximate surface area is 165 Å².